The number of likely N-dealkylation sites (N-methyl/N-ethyl adjacent to an activating group) is 1. The van der Waals surface area contributed by atoms with Crippen molar-refractivity contribution in [3.63, 3.8) is 0 Å². The van der Waals surface area contributed by atoms with Crippen molar-refractivity contribution in [3.8, 4) is 0 Å². The van der Waals surface area contributed by atoms with Gasteiger partial charge in [0.1, 0.15) is 5.82 Å². The molecule has 0 bridgehead atoms. The summed E-state index contributed by atoms with van der Waals surface area (Å²) in [5.74, 6) is 0.285. The molecule has 1 heterocycles. The Morgan fingerprint density at radius 2 is 2.16 bits per heavy atom. The van der Waals surface area contributed by atoms with Gasteiger partial charge in [-0.1, -0.05) is 0 Å². The first-order chi connectivity index (χ1) is 9.17. The van der Waals surface area contributed by atoms with E-state index in [1.807, 2.05) is 17.9 Å². The molecule has 0 radical (unpaired) electrons. The number of amides is 1. The molecule has 4 N–H and O–H groups in total. The maximum Gasteiger partial charge on any atom is 0.252 e. The number of carbonyl (C=O) groups excluding carboxylic acids is 1. The van der Waals surface area contributed by atoms with E-state index in [4.69, 9.17) is 16.5 Å². The van der Waals surface area contributed by atoms with Crippen LogP contribution in [0.5, 0.6) is 0 Å². The Labute approximate surface area is 114 Å². The Morgan fingerprint density at radius 1 is 1.42 bits per heavy atom. The van der Waals surface area contributed by atoms with Gasteiger partial charge in [-0.3, -0.25) is 4.79 Å². The summed E-state index contributed by atoms with van der Waals surface area (Å²) in [6, 6.07) is 1.93. The average molecular weight is 262 g/mol. The quantitative estimate of drug-likeness (QED) is 0.823. The molecule has 19 heavy (non-hydrogen) atoms. The average Bonchev–Trinajstić information content (AvgIpc) is 2.43. The van der Waals surface area contributed by atoms with Gasteiger partial charge in [-0.25, -0.2) is 4.98 Å². The van der Waals surface area contributed by atoms with Crippen molar-refractivity contribution in [1.29, 1.82) is 0 Å². The number of anilines is 1. The summed E-state index contributed by atoms with van der Waals surface area (Å²) < 4.78 is 0. The molecule has 2 rings (SSSR count). The van der Waals surface area contributed by atoms with Crippen molar-refractivity contribution in [2.75, 3.05) is 24.5 Å². The maximum absolute atomic E-state index is 11.7. The van der Waals surface area contributed by atoms with E-state index in [-0.39, 0.29) is 0 Å². The van der Waals surface area contributed by atoms with Gasteiger partial charge in [0.25, 0.3) is 5.91 Å². The lowest BCUT2D eigenvalue weighted by Gasteiger charge is -2.26. The molecule has 5 nitrogen and oxygen atoms in total. The summed E-state index contributed by atoms with van der Waals surface area (Å²) >= 11 is 0. The van der Waals surface area contributed by atoms with Gasteiger partial charge in [0.15, 0.2) is 0 Å². The van der Waals surface area contributed by atoms with Crippen LogP contribution in [0.2, 0.25) is 0 Å². The van der Waals surface area contributed by atoms with Gasteiger partial charge in [-0.2, -0.15) is 0 Å². The number of rotatable bonds is 5. The number of carbonyl (C=O) groups is 1. The fourth-order valence-electron chi connectivity index (χ4n) is 2.61. The van der Waals surface area contributed by atoms with Crippen LogP contribution in [-0.2, 0) is 12.8 Å². The first-order valence-electron chi connectivity index (χ1n) is 6.95. The SMILES string of the molecule is CCN(CCN)c1nc2c(cc1C(N)=O)CCCC2. The lowest BCUT2D eigenvalue weighted by Crippen LogP contribution is -2.32. The number of fused-ring (bicyclic) bond motifs is 1. The molecule has 0 aliphatic heterocycles. The van der Waals surface area contributed by atoms with Gasteiger partial charge in [0.2, 0.25) is 0 Å². The van der Waals surface area contributed by atoms with Gasteiger partial charge in [0, 0.05) is 25.3 Å². The molecule has 1 amide bonds. The summed E-state index contributed by atoms with van der Waals surface area (Å²) in [5, 5.41) is 0. The highest BCUT2D eigenvalue weighted by Crippen LogP contribution is 2.26. The minimum atomic E-state index is -0.411. The second-order valence-corrected chi connectivity index (χ2v) is 4.91. The number of aromatic nitrogens is 1. The zero-order valence-corrected chi connectivity index (χ0v) is 11.5. The standard InChI is InChI=1S/C14H22N4O/c1-2-18(8-7-15)14-11(13(16)19)9-10-5-3-4-6-12(10)17-14/h9H,2-8,15H2,1H3,(H2,16,19). The molecule has 1 aliphatic carbocycles. The molecule has 0 unspecified atom stereocenters. The Balaban J connectivity index is 2.47. The van der Waals surface area contributed by atoms with Crippen LogP contribution in [0.3, 0.4) is 0 Å². The van der Waals surface area contributed by atoms with Gasteiger partial charge in [0.05, 0.1) is 5.56 Å². The highest BCUT2D eigenvalue weighted by molar-refractivity contribution is 5.98. The molecule has 1 aliphatic rings. The Kier molecular flexibility index (Phi) is 4.37. The molecular formula is C14H22N4O. The van der Waals surface area contributed by atoms with Crippen LogP contribution in [0.1, 0.15) is 41.4 Å². The minimum Gasteiger partial charge on any atom is -0.365 e. The van der Waals surface area contributed by atoms with Crippen molar-refractivity contribution in [3.05, 3.63) is 22.9 Å². The number of aryl methyl sites for hydroxylation is 2. The number of nitrogens with two attached hydrogens (primary N) is 2. The summed E-state index contributed by atoms with van der Waals surface area (Å²) in [7, 11) is 0. The number of pyridine rings is 1. The third-order valence-corrected chi connectivity index (χ3v) is 3.63. The van der Waals surface area contributed by atoms with Crippen LogP contribution in [0.15, 0.2) is 6.07 Å². The van der Waals surface area contributed by atoms with Crippen molar-refractivity contribution < 1.29 is 4.79 Å². The lowest BCUT2D eigenvalue weighted by atomic mass is 9.94. The topological polar surface area (TPSA) is 85.2 Å². The molecule has 0 fully saturated rings. The molecule has 0 aromatic carbocycles. The van der Waals surface area contributed by atoms with E-state index in [9.17, 15) is 4.79 Å². The fourth-order valence-corrected chi connectivity index (χ4v) is 2.61. The highest BCUT2D eigenvalue weighted by Gasteiger charge is 2.20. The lowest BCUT2D eigenvalue weighted by molar-refractivity contribution is 0.100. The molecule has 1 aromatic heterocycles. The van der Waals surface area contributed by atoms with E-state index in [0.717, 1.165) is 31.5 Å². The van der Waals surface area contributed by atoms with E-state index in [1.54, 1.807) is 0 Å². The summed E-state index contributed by atoms with van der Waals surface area (Å²) in [5.41, 5.74) is 13.9. The predicted molar refractivity (Wildman–Crippen MR) is 76.3 cm³/mol. The molecule has 0 saturated carbocycles. The van der Waals surface area contributed by atoms with E-state index in [2.05, 4.69) is 0 Å². The number of hydrogen-bond acceptors (Lipinski definition) is 4. The van der Waals surface area contributed by atoms with Crippen molar-refractivity contribution in [2.24, 2.45) is 11.5 Å². The van der Waals surface area contributed by atoms with Crippen LogP contribution in [0.4, 0.5) is 5.82 Å². The van der Waals surface area contributed by atoms with Crippen LogP contribution < -0.4 is 16.4 Å². The zero-order valence-electron chi connectivity index (χ0n) is 11.5. The summed E-state index contributed by atoms with van der Waals surface area (Å²) in [6.07, 6.45) is 4.30. The Bertz CT molecular complexity index is 473. The first-order valence-corrected chi connectivity index (χ1v) is 6.95. The third-order valence-electron chi connectivity index (χ3n) is 3.63. The zero-order chi connectivity index (χ0) is 13.8. The van der Waals surface area contributed by atoms with Crippen LogP contribution in [-0.4, -0.2) is 30.5 Å². The molecule has 0 saturated heterocycles. The Hall–Kier alpha value is -1.62. The van der Waals surface area contributed by atoms with Gasteiger partial charge in [-0.05, 0) is 44.2 Å². The number of primary amides is 1. The van der Waals surface area contributed by atoms with Gasteiger partial charge >= 0.3 is 0 Å². The van der Waals surface area contributed by atoms with Crippen LogP contribution in [0, 0.1) is 0 Å². The van der Waals surface area contributed by atoms with Gasteiger partial charge < -0.3 is 16.4 Å². The van der Waals surface area contributed by atoms with E-state index < -0.39 is 5.91 Å². The number of nitrogens with zero attached hydrogens (tertiary/aromatic N) is 2. The van der Waals surface area contributed by atoms with E-state index in [0.29, 0.717) is 24.5 Å². The fraction of sp³-hybridized carbons (Fsp3) is 0.571. The molecule has 0 atom stereocenters. The first kappa shape index (κ1) is 13.8. The van der Waals surface area contributed by atoms with Crippen molar-refractivity contribution in [1.82, 2.24) is 4.98 Å². The maximum atomic E-state index is 11.7. The monoisotopic (exact) mass is 262 g/mol. The highest BCUT2D eigenvalue weighted by atomic mass is 16.1. The van der Waals surface area contributed by atoms with Crippen LogP contribution in [0.25, 0.3) is 0 Å². The minimum absolute atomic E-state index is 0.411. The second-order valence-electron chi connectivity index (χ2n) is 4.91. The number of hydrogen-bond donors (Lipinski definition) is 2. The smallest absolute Gasteiger partial charge is 0.252 e. The predicted octanol–water partition coefficient (Wildman–Crippen LogP) is 0.844. The largest absolute Gasteiger partial charge is 0.365 e. The normalized spacial score (nSPS) is 14.0. The molecule has 5 heteroatoms. The summed E-state index contributed by atoms with van der Waals surface area (Å²) in [4.78, 5) is 18.4. The molecule has 0 spiro atoms. The van der Waals surface area contributed by atoms with Crippen LogP contribution >= 0.6 is 0 Å². The second kappa shape index (κ2) is 6.02. The molecule has 104 valence electrons. The summed E-state index contributed by atoms with van der Waals surface area (Å²) in [6.45, 7) is 4.01. The van der Waals surface area contributed by atoms with Gasteiger partial charge in [-0.15, -0.1) is 0 Å². The van der Waals surface area contributed by atoms with E-state index >= 15 is 0 Å². The third kappa shape index (κ3) is 2.87. The van der Waals surface area contributed by atoms with E-state index in [1.165, 1.54) is 12.0 Å². The Morgan fingerprint density at radius 3 is 2.79 bits per heavy atom. The van der Waals surface area contributed by atoms with Crippen molar-refractivity contribution >= 4 is 11.7 Å². The van der Waals surface area contributed by atoms with Crippen molar-refractivity contribution in [2.45, 2.75) is 32.6 Å². The molecule has 1 aromatic rings. The molecular weight excluding hydrogens is 240 g/mol.